The number of rotatable bonds is 6. The van der Waals surface area contributed by atoms with Gasteiger partial charge in [-0.15, -0.1) is 0 Å². The van der Waals surface area contributed by atoms with Crippen molar-refractivity contribution >= 4 is 27.8 Å². The number of aliphatic carboxylic acids is 1. The Labute approximate surface area is 119 Å². The van der Waals surface area contributed by atoms with Gasteiger partial charge >= 0.3 is 5.97 Å². The number of hydrogen-bond donors (Lipinski definition) is 2. The van der Waals surface area contributed by atoms with Gasteiger partial charge in [0.2, 0.25) is 0 Å². The molecule has 0 bridgehead atoms. The smallest absolute Gasteiger partial charge is 0.303 e. The van der Waals surface area contributed by atoms with E-state index in [1.54, 1.807) is 6.92 Å². The van der Waals surface area contributed by atoms with Gasteiger partial charge in [-0.05, 0) is 53.9 Å². The van der Waals surface area contributed by atoms with E-state index in [0.29, 0.717) is 17.3 Å². The molecule has 1 aromatic carbocycles. The maximum atomic E-state index is 13.3. The Hall–Kier alpha value is -1.43. The topological polar surface area (TPSA) is 66.4 Å². The minimum Gasteiger partial charge on any atom is -0.481 e. The van der Waals surface area contributed by atoms with Crippen LogP contribution >= 0.6 is 15.9 Å². The zero-order valence-corrected chi connectivity index (χ0v) is 12.0. The van der Waals surface area contributed by atoms with Gasteiger partial charge < -0.3 is 10.4 Å². The van der Waals surface area contributed by atoms with E-state index < -0.39 is 11.8 Å². The summed E-state index contributed by atoms with van der Waals surface area (Å²) in [6.07, 6.45) is 1.13. The van der Waals surface area contributed by atoms with Crippen molar-refractivity contribution in [2.75, 3.05) is 0 Å². The number of hydrogen-bond acceptors (Lipinski definition) is 2. The van der Waals surface area contributed by atoms with Crippen LogP contribution in [-0.4, -0.2) is 23.0 Å². The second kappa shape index (κ2) is 7.23. The van der Waals surface area contributed by atoms with Crippen molar-refractivity contribution in [2.45, 2.75) is 32.2 Å². The van der Waals surface area contributed by atoms with Crippen LogP contribution < -0.4 is 5.32 Å². The molecule has 0 saturated heterocycles. The van der Waals surface area contributed by atoms with Gasteiger partial charge in [0.15, 0.2) is 0 Å². The summed E-state index contributed by atoms with van der Waals surface area (Å²) in [5.74, 6) is -1.71. The molecule has 0 aromatic heterocycles. The van der Waals surface area contributed by atoms with Crippen LogP contribution in [0.15, 0.2) is 22.7 Å². The molecule has 1 atom stereocenters. The number of carbonyl (C=O) groups excluding carboxylic acids is 1. The first-order chi connectivity index (χ1) is 8.90. The molecule has 4 nitrogen and oxygen atoms in total. The molecule has 0 heterocycles. The highest BCUT2D eigenvalue weighted by Crippen LogP contribution is 2.16. The second-order valence-electron chi connectivity index (χ2n) is 4.29. The molecule has 104 valence electrons. The predicted molar refractivity (Wildman–Crippen MR) is 72.5 cm³/mol. The Morgan fingerprint density at radius 2 is 2.16 bits per heavy atom. The quantitative estimate of drug-likeness (QED) is 0.842. The monoisotopic (exact) mass is 331 g/mol. The van der Waals surface area contributed by atoms with E-state index >= 15 is 0 Å². The van der Waals surface area contributed by atoms with Crippen molar-refractivity contribution in [1.29, 1.82) is 0 Å². The van der Waals surface area contributed by atoms with E-state index in [2.05, 4.69) is 21.2 Å². The first kappa shape index (κ1) is 15.6. The maximum absolute atomic E-state index is 13.3. The normalized spacial score (nSPS) is 11.9. The summed E-state index contributed by atoms with van der Waals surface area (Å²) in [5, 5.41) is 11.2. The predicted octanol–water partition coefficient (Wildman–Crippen LogP) is 2.96. The molecule has 0 fully saturated rings. The summed E-state index contributed by atoms with van der Waals surface area (Å²) in [5.41, 5.74) is 0.241. The average molecular weight is 332 g/mol. The van der Waals surface area contributed by atoms with E-state index in [9.17, 15) is 14.0 Å². The SMILES string of the molecule is CC(CCCC(=O)O)NC(=O)c1ccc(Br)c(F)c1. The van der Waals surface area contributed by atoms with Crippen LogP contribution in [0.4, 0.5) is 4.39 Å². The lowest BCUT2D eigenvalue weighted by molar-refractivity contribution is -0.137. The molecule has 0 spiro atoms. The van der Waals surface area contributed by atoms with Crippen molar-refractivity contribution in [2.24, 2.45) is 0 Å². The number of carbonyl (C=O) groups is 2. The van der Waals surface area contributed by atoms with E-state index in [4.69, 9.17) is 5.11 Å². The molecule has 0 radical (unpaired) electrons. The Kier molecular flexibility index (Phi) is 5.95. The molecule has 6 heteroatoms. The highest BCUT2D eigenvalue weighted by molar-refractivity contribution is 9.10. The Morgan fingerprint density at radius 3 is 2.74 bits per heavy atom. The standard InChI is InChI=1S/C13H15BrFNO3/c1-8(3-2-4-12(17)18)16-13(19)9-5-6-10(14)11(15)7-9/h5-8H,2-4H2,1H3,(H,16,19)(H,17,18). The zero-order chi connectivity index (χ0) is 14.4. The highest BCUT2D eigenvalue weighted by Gasteiger charge is 2.12. The lowest BCUT2D eigenvalue weighted by atomic mass is 10.1. The molecule has 1 amide bonds. The van der Waals surface area contributed by atoms with Crippen LogP contribution in [0.3, 0.4) is 0 Å². The van der Waals surface area contributed by atoms with Gasteiger partial charge in [0.05, 0.1) is 4.47 Å². The zero-order valence-electron chi connectivity index (χ0n) is 10.5. The van der Waals surface area contributed by atoms with Crippen molar-refractivity contribution in [3.05, 3.63) is 34.1 Å². The number of benzene rings is 1. The van der Waals surface area contributed by atoms with E-state index in [-0.39, 0.29) is 23.9 Å². The third-order valence-electron chi connectivity index (χ3n) is 2.59. The lowest BCUT2D eigenvalue weighted by Crippen LogP contribution is -2.32. The van der Waals surface area contributed by atoms with E-state index in [0.717, 1.165) is 6.07 Å². The van der Waals surface area contributed by atoms with Gasteiger partial charge in [0.25, 0.3) is 5.91 Å². The Bertz CT molecular complexity index is 479. The number of amides is 1. The molecule has 2 N–H and O–H groups in total. The summed E-state index contributed by atoms with van der Waals surface area (Å²) in [6, 6.07) is 3.99. The van der Waals surface area contributed by atoms with Crippen LogP contribution in [0.1, 0.15) is 36.5 Å². The van der Waals surface area contributed by atoms with Crippen molar-refractivity contribution < 1.29 is 19.1 Å². The summed E-state index contributed by atoms with van der Waals surface area (Å²) < 4.78 is 13.6. The summed E-state index contributed by atoms with van der Waals surface area (Å²) in [4.78, 5) is 22.2. The highest BCUT2D eigenvalue weighted by atomic mass is 79.9. The molecule has 1 aromatic rings. The van der Waals surface area contributed by atoms with Crippen LogP contribution in [0.25, 0.3) is 0 Å². The third-order valence-corrected chi connectivity index (χ3v) is 3.23. The minimum absolute atomic E-state index is 0.0765. The van der Waals surface area contributed by atoms with Crippen molar-refractivity contribution in [3.8, 4) is 0 Å². The average Bonchev–Trinajstić information content (AvgIpc) is 2.32. The van der Waals surface area contributed by atoms with Gasteiger partial charge in [0.1, 0.15) is 5.82 Å². The number of carboxylic acid groups (broad SMARTS) is 1. The Balaban J connectivity index is 2.49. The van der Waals surface area contributed by atoms with Gasteiger partial charge in [-0.2, -0.15) is 0 Å². The Morgan fingerprint density at radius 1 is 1.47 bits per heavy atom. The molecule has 0 saturated carbocycles. The summed E-state index contributed by atoms with van der Waals surface area (Å²) in [7, 11) is 0. The maximum Gasteiger partial charge on any atom is 0.303 e. The number of halogens is 2. The van der Waals surface area contributed by atoms with Crippen LogP contribution in [0, 0.1) is 5.82 Å². The van der Waals surface area contributed by atoms with Gasteiger partial charge in [0, 0.05) is 18.0 Å². The van der Waals surface area contributed by atoms with Gasteiger partial charge in [-0.3, -0.25) is 9.59 Å². The van der Waals surface area contributed by atoms with Crippen molar-refractivity contribution in [3.63, 3.8) is 0 Å². The molecule has 0 aliphatic carbocycles. The van der Waals surface area contributed by atoms with E-state index in [1.165, 1.54) is 12.1 Å². The third kappa shape index (κ3) is 5.38. The molecule has 0 aliphatic rings. The fraction of sp³-hybridized carbons (Fsp3) is 0.385. The summed E-state index contributed by atoms with van der Waals surface area (Å²) in [6.45, 7) is 1.79. The van der Waals surface area contributed by atoms with Crippen LogP contribution in [0.5, 0.6) is 0 Å². The largest absolute Gasteiger partial charge is 0.481 e. The first-order valence-electron chi connectivity index (χ1n) is 5.88. The van der Waals surface area contributed by atoms with Gasteiger partial charge in [-0.1, -0.05) is 0 Å². The molecule has 0 aliphatic heterocycles. The first-order valence-corrected chi connectivity index (χ1v) is 6.67. The molecule has 19 heavy (non-hydrogen) atoms. The van der Waals surface area contributed by atoms with Crippen LogP contribution in [0.2, 0.25) is 0 Å². The minimum atomic E-state index is -0.853. The molecular weight excluding hydrogens is 317 g/mol. The molecule has 1 unspecified atom stereocenters. The van der Waals surface area contributed by atoms with Crippen LogP contribution in [-0.2, 0) is 4.79 Å². The molecular formula is C13H15BrFNO3. The molecule has 1 rings (SSSR count). The number of nitrogens with one attached hydrogen (secondary N) is 1. The van der Waals surface area contributed by atoms with Gasteiger partial charge in [-0.25, -0.2) is 4.39 Å². The second-order valence-corrected chi connectivity index (χ2v) is 5.14. The fourth-order valence-corrected chi connectivity index (χ4v) is 1.82. The van der Waals surface area contributed by atoms with Crippen molar-refractivity contribution in [1.82, 2.24) is 5.32 Å². The number of carboxylic acids is 1. The summed E-state index contributed by atoms with van der Waals surface area (Å²) >= 11 is 3.01. The van der Waals surface area contributed by atoms with E-state index in [1.807, 2.05) is 0 Å². The lowest BCUT2D eigenvalue weighted by Gasteiger charge is -2.13. The fourth-order valence-electron chi connectivity index (χ4n) is 1.58.